The molecular weight excluding hydrogens is 576 g/mol. The second-order valence-corrected chi connectivity index (χ2v) is 10.3. The van der Waals surface area contributed by atoms with Crippen LogP contribution in [0.4, 0.5) is 0 Å². The van der Waals surface area contributed by atoms with E-state index in [0.29, 0.717) is 5.56 Å². The maximum atomic E-state index is 13.4. The fourth-order valence-corrected chi connectivity index (χ4v) is 6.33. The van der Waals surface area contributed by atoms with E-state index in [1.54, 1.807) is 6.08 Å². The Bertz CT molecular complexity index is 1490. The van der Waals surface area contributed by atoms with Crippen molar-refractivity contribution in [1.29, 1.82) is 0 Å². The molecule has 0 saturated heterocycles. The van der Waals surface area contributed by atoms with Gasteiger partial charge in [-0.25, -0.2) is 9.59 Å². The van der Waals surface area contributed by atoms with E-state index in [-0.39, 0.29) is 12.2 Å². The predicted molar refractivity (Wildman–Crippen MR) is 152 cm³/mol. The summed E-state index contributed by atoms with van der Waals surface area (Å²) in [6.07, 6.45) is 2.71. The highest BCUT2D eigenvalue weighted by Gasteiger charge is 2.71. The zero-order valence-corrected chi connectivity index (χ0v) is 24.4. The average Bonchev–Trinajstić information content (AvgIpc) is 3.03. The summed E-state index contributed by atoms with van der Waals surface area (Å²) in [4.78, 5) is 65.0. The van der Waals surface area contributed by atoms with Crippen molar-refractivity contribution >= 4 is 35.9 Å². The van der Waals surface area contributed by atoms with E-state index >= 15 is 0 Å². The third-order valence-electron chi connectivity index (χ3n) is 8.18. The minimum absolute atomic E-state index is 0.150. The van der Waals surface area contributed by atoms with Crippen molar-refractivity contribution in [3.8, 4) is 5.75 Å². The SMILES string of the molecule is COC(=O)C1=C(O)C(C(=O)OC)[C@@]2(O)[C@H](C(=O)OC)C(c3ccc(OC(=O)C=Cc4ccccc4)cc3)C[C@H]1[C@H]2C(=O)OC. The number of fused-ring (bicyclic) bond motifs is 2. The third-order valence-corrected chi connectivity index (χ3v) is 8.18. The highest BCUT2D eigenvalue weighted by Crippen LogP contribution is 2.60. The number of aliphatic hydroxyl groups is 2. The van der Waals surface area contributed by atoms with Gasteiger partial charge in [0, 0.05) is 17.9 Å². The van der Waals surface area contributed by atoms with E-state index in [1.165, 1.54) is 30.3 Å². The molecule has 0 aromatic heterocycles. The fourth-order valence-electron chi connectivity index (χ4n) is 6.33. The van der Waals surface area contributed by atoms with Crippen molar-refractivity contribution in [2.45, 2.75) is 17.9 Å². The van der Waals surface area contributed by atoms with Crippen molar-refractivity contribution in [1.82, 2.24) is 0 Å². The lowest BCUT2D eigenvalue weighted by molar-refractivity contribution is -0.208. The minimum atomic E-state index is -2.66. The van der Waals surface area contributed by atoms with Crippen molar-refractivity contribution in [2.75, 3.05) is 28.4 Å². The monoisotopic (exact) mass is 608 g/mol. The minimum Gasteiger partial charge on any atom is -0.511 e. The molecule has 2 bridgehead atoms. The van der Waals surface area contributed by atoms with E-state index in [9.17, 15) is 34.2 Å². The molecule has 2 aliphatic rings. The van der Waals surface area contributed by atoms with E-state index in [2.05, 4.69) is 0 Å². The average molecular weight is 609 g/mol. The van der Waals surface area contributed by atoms with Crippen LogP contribution in [0.1, 0.15) is 23.5 Å². The van der Waals surface area contributed by atoms with Crippen LogP contribution in [0.2, 0.25) is 0 Å². The first-order valence-corrected chi connectivity index (χ1v) is 13.5. The van der Waals surface area contributed by atoms with Gasteiger partial charge in [0.1, 0.15) is 23.0 Å². The molecule has 2 aromatic rings. The van der Waals surface area contributed by atoms with Gasteiger partial charge < -0.3 is 33.9 Å². The van der Waals surface area contributed by atoms with Crippen LogP contribution >= 0.6 is 0 Å². The zero-order valence-electron chi connectivity index (χ0n) is 24.4. The van der Waals surface area contributed by atoms with Gasteiger partial charge in [-0.1, -0.05) is 42.5 Å². The Morgan fingerprint density at radius 1 is 0.773 bits per heavy atom. The Labute approximate surface area is 252 Å². The molecule has 2 N–H and O–H groups in total. The van der Waals surface area contributed by atoms with E-state index < -0.39 is 76.4 Å². The van der Waals surface area contributed by atoms with Crippen LogP contribution in [0.25, 0.3) is 6.08 Å². The maximum Gasteiger partial charge on any atom is 0.337 e. The molecule has 1 saturated carbocycles. The number of ether oxygens (including phenoxy) is 5. The Morgan fingerprint density at radius 3 is 1.89 bits per heavy atom. The summed E-state index contributed by atoms with van der Waals surface area (Å²) in [6.45, 7) is 0. The van der Waals surface area contributed by atoms with Crippen LogP contribution in [0.15, 0.2) is 72.0 Å². The molecule has 2 unspecified atom stereocenters. The van der Waals surface area contributed by atoms with E-state index in [0.717, 1.165) is 34.0 Å². The number of esters is 5. The van der Waals surface area contributed by atoms with Gasteiger partial charge in [-0.3, -0.25) is 14.4 Å². The van der Waals surface area contributed by atoms with Gasteiger partial charge in [-0.15, -0.1) is 0 Å². The van der Waals surface area contributed by atoms with Crippen molar-refractivity contribution in [3.63, 3.8) is 0 Å². The summed E-state index contributed by atoms with van der Waals surface area (Å²) in [7, 11) is 4.15. The van der Waals surface area contributed by atoms with Gasteiger partial charge in [-0.2, -0.15) is 0 Å². The zero-order chi connectivity index (χ0) is 32.2. The number of aliphatic hydroxyl groups excluding tert-OH is 1. The van der Waals surface area contributed by atoms with Crippen LogP contribution in [-0.2, 0) is 42.9 Å². The van der Waals surface area contributed by atoms with Crippen molar-refractivity contribution < 1.29 is 57.9 Å². The van der Waals surface area contributed by atoms with E-state index in [1.807, 2.05) is 30.3 Å². The molecule has 4 rings (SSSR count). The highest BCUT2D eigenvalue weighted by atomic mass is 16.5. The number of hydrogen-bond acceptors (Lipinski definition) is 12. The quantitative estimate of drug-likeness (QED) is 0.194. The molecule has 12 nitrogen and oxygen atoms in total. The molecule has 0 radical (unpaired) electrons. The van der Waals surface area contributed by atoms with Gasteiger partial charge in [-0.05, 0) is 35.8 Å². The summed E-state index contributed by atoms with van der Waals surface area (Å²) >= 11 is 0. The lowest BCUT2D eigenvalue weighted by Gasteiger charge is -2.55. The summed E-state index contributed by atoms with van der Waals surface area (Å²) < 4.78 is 25.0. The maximum absolute atomic E-state index is 13.4. The number of hydrogen-bond donors (Lipinski definition) is 2. The molecule has 0 spiro atoms. The Balaban J connectivity index is 1.78. The molecule has 2 aliphatic carbocycles. The van der Waals surface area contributed by atoms with Gasteiger partial charge in [0.25, 0.3) is 0 Å². The van der Waals surface area contributed by atoms with Crippen LogP contribution in [0.3, 0.4) is 0 Å². The van der Waals surface area contributed by atoms with Gasteiger partial charge in [0.15, 0.2) is 0 Å². The standard InChI is InChI=1S/C32H32O12/c1-40-28(35)23-21-16-20(18-11-13-19(14-12-18)44-22(33)15-10-17-8-6-5-7-9-17)24(29(36)41-2)32(39,25(21)30(37)42-3)26(27(23)34)31(38)43-4/h5-15,20-21,24-26,34,39H,16H2,1-4H3/t20?,21-,24+,25+,26?,32-/m1/s1. The molecule has 2 aromatic carbocycles. The fraction of sp³-hybridized carbons (Fsp3) is 0.344. The predicted octanol–water partition coefficient (Wildman–Crippen LogP) is 2.51. The van der Waals surface area contributed by atoms with Crippen molar-refractivity contribution in [2.24, 2.45) is 23.7 Å². The largest absolute Gasteiger partial charge is 0.511 e. The van der Waals surface area contributed by atoms with Crippen LogP contribution < -0.4 is 4.74 Å². The van der Waals surface area contributed by atoms with Crippen LogP contribution in [0.5, 0.6) is 5.75 Å². The number of benzene rings is 2. The van der Waals surface area contributed by atoms with Crippen LogP contribution in [-0.4, -0.2) is 74.1 Å². The first kappa shape index (κ1) is 32.0. The summed E-state index contributed by atoms with van der Waals surface area (Å²) in [5.41, 5.74) is -1.86. The topological polar surface area (TPSA) is 172 Å². The highest BCUT2D eigenvalue weighted by molar-refractivity contribution is 5.96. The van der Waals surface area contributed by atoms with Crippen LogP contribution in [0, 0.1) is 23.7 Å². The number of rotatable bonds is 8. The third kappa shape index (κ3) is 5.68. The number of methoxy groups -OCH3 is 4. The summed E-state index contributed by atoms with van der Waals surface area (Å²) in [6, 6.07) is 15.2. The number of carbonyl (C=O) groups excluding carboxylic acids is 5. The molecule has 0 amide bonds. The molecule has 0 heterocycles. The Kier molecular flexibility index (Phi) is 9.53. The molecular formula is C32H32O12. The molecule has 6 atom stereocenters. The van der Waals surface area contributed by atoms with Crippen molar-refractivity contribution in [3.05, 3.63) is 83.1 Å². The summed E-state index contributed by atoms with van der Waals surface area (Å²) in [5.74, 6) is -13.2. The first-order chi connectivity index (χ1) is 21.0. The smallest absolute Gasteiger partial charge is 0.337 e. The second kappa shape index (κ2) is 13.1. The van der Waals surface area contributed by atoms with Gasteiger partial charge in [0.2, 0.25) is 0 Å². The molecule has 44 heavy (non-hydrogen) atoms. The van der Waals surface area contributed by atoms with E-state index in [4.69, 9.17) is 23.7 Å². The Morgan fingerprint density at radius 2 is 1.34 bits per heavy atom. The second-order valence-electron chi connectivity index (χ2n) is 10.3. The molecule has 232 valence electrons. The normalized spacial score (nSPS) is 26.0. The van der Waals surface area contributed by atoms with Gasteiger partial charge >= 0.3 is 29.8 Å². The molecule has 1 fully saturated rings. The summed E-state index contributed by atoms with van der Waals surface area (Å²) in [5, 5.41) is 23.6. The molecule has 12 heteroatoms. The van der Waals surface area contributed by atoms with Gasteiger partial charge in [0.05, 0.1) is 45.8 Å². The lowest BCUT2D eigenvalue weighted by atomic mass is 9.49. The number of carbonyl (C=O) groups is 5. The first-order valence-electron chi connectivity index (χ1n) is 13.5. The molecule has 0 aliphatic heterocycles. The lowest BCUT2D eigenvalue weighted by Crippen LogP contribution is -2.68. The Hall–Kier alpha value is -4.97.